The number of halogens is 3. The average molecular weight is 295 g/mol. The lowest BCUT2D eigenvalue weighted by Gasteiger charge is -2.20. The summed E-state index contributed by atoms with van der Waals surface area (Å²) in [7, 11) is 0. The minimum atomic E-state index is -4.59. The quantitative estimate of drug-likeness (QED) is 0.850. The number of H-pyrrole nitrogens is 1. The van der Waals surface area contributed by atoms with E-state index >= 15 is 0 Å². The van der Waals surface area contributed by atoms with Crippen LogP contribution in [0.3, 0.4) is 0 Å². The van der Waals surface area contributed by atoms with Crippen LogP contribution in [0.2, 0.25) is 0 Å². The summed E-state index contributed by atoms with van der Waals surface area (Å²) in [5, 5.41) is 1.47. The molecule has 1 unspecified atom stereocenters. The number of aromatic amines is 1. The lowest BCUT2D eigenvalue weighted by Crippen LogP contribution is -2.29. The Bertz CT molecular complexity index is 724. The Morgan fingerprint density at radius 1 is 1.19 bits per heavy atom. The third kappa shape index (κ3) is 2.29. The number of hydrazine groups is 1. The van der Waals surface area contributed by atoms with E-state index in [1.54, 1.807) is 37.3 Å². The van der Waals surface area contributed by atoms with Crippen LogP contribution in [-0.2, 0) is 6.18 Å². The van der Waals surface area contributed by atoms with Gasteiger partial charge in [0.25, 0.3) is 0 Å². The average Bonchev–Trinajstić information content (AvgIpc) is 2.76. The van der Waals surface area contributed by atoms with Crippen molar-refractivity contribution in [3.05, 3.63) is 57.9 Å². The monoisotopic (exact) mass is 295 g/mol. The number of aromatic nitrogens is 1. The smallest absolute Gasteiger partial charge is 0.336 e. The Hall–Kier alpha value is -2.28. The van der Waals surface area contributed by atoms with Crippen molar-refractivity contribution in [3.63, 3.8) is 0 Å². The Morgan fingerprint density at radius 2 is 1.86 bits per heavy atom. The molecule has 2 heterocycles. The first-order valence-electron chi connectivity index (χ1n) is 6.33. The molecule has 0 saturated heterocycles. The van der Waals surface area contributed by atoms with Crippen LogP contribution < -0.4 is 15.9 Å². The number of alkyl halides is 3. The summed E-state index contributed by atoms with van der Waals surface area (Å²) in [5.74, 6) is 0.133. The Balaban J connectivity index is 2.18. The second-order valence-electron chi connectivity index (χ2n) is 4.83. The zero-order valence-corrected chi connectivity index (χ0v) is 11.0. The van der Waals surface area contributed by atoms with Gasteiger partial charge in [-0.2, -0.15) is 13.2 Å². The minimum Gasteiger partial charge on any atom is -0.336 e. The van der Waals surface area contributed by atoms with Crippen LogP contribution in [0.15, 0.2) is 41.2 Å². The summed E-state index contributed by atoms with van der Waals surface area (Å²) in [6, 6.07) is 9.06. The van der Waals surface area contributed by atoms with Crippen LogP contribution in [0, 0.1) is 0 Å². The number of hydrogen-bond donors (Lipinski definition) is 2. The van der Waals surface area contributed by atoms with Crippen molar-refractivity contribution in [2.24, 2.45) is 0 Å². The fraction of sp³-hybridized carbons (Fsp3) is 0.214. The maximum Gasteiger partial charge on any atom is 0.431 e. The fourth-order valence-corrected chi connectivity index (χ4v) is 2.41. The lowest BCUT2D eigenvalue weighted by atomic mass is 10.1. The van der Waals surface area contributed by atoms with Gasteiger partial charge < -0.3 is 4.98 Å². The van der Waals surface area contributed by atoms with Crippen LogP contribution in [0.5, 0.6) is 0 Å². The van der Waals surface area contributed by atoms with E-state index in [-0.39, 0.29) is 11.9 Å². The van der Waals surface area contributed by atoms with Crippen molar-refractivity contribution in [3.8, 4) is 0 Å². The summed E-state index contributed by atoms with van der Waals surface area (Å²) >= 11 is 0. The summed E-state index contributed by atoms with van der Waals surface area (Å²) in [5.41, 5.74) is 2.26. The van der Waals surface area contributed by atoms with Crippen LogP contribution >= 0.6 is 0 Å². The molecule has 1 aromatic heterocycles. The molecule has 0 bridgehead atoms. The summed E-state index contributed by atoms with van der Waals surface area (Å²) in [4.78, 5) is 14.3. The number of pyridine rings is 1. The van der Waals surface area contributed by atoms with Crippen molar-refractivity contribution >= 4 is 11.5 Å². The van der Waals surface area contributed by atoms with Gasteiger partial charge in [0.2, 0.25) is 0 Å². The third-order valence-electron chi connectivity index (χ3n) is 3.35. The fourth-order valence-electron chi connectivity index (χ4n) is 2.41. The van der Waals surface area contributed by atoms with Crippen molar-refractivity contribution < 1.29 is 13.2 Å². The Morgan fingerprint density at radius 3 is 2.48 bits per heavy atom. The van der Waals surface area contributed by atoms with Crippen LogP contribution in [-0.4, -0.2) is 4.98 Å². The summed E-state index contributed by atoms with van der Waals surface area (Å²) in [6.07, 6.45) is -4.59. The van der Waals surface area contributed by atoms with Crippen LogP contribution in [0.4, 0.5) is 24.7 Å². The molecule has 2 N–H and O–H groups in total. The van der Waals surface area contributed by atoms with Gasteiger partial charge in [0.05, 0.1) is 17.3 Å². The number of anilines is 2. The second kappa shape index (κ2) is 4.63. The van der Waals surface area contributed by atoms with Crippen LogP contribution in [0.1, 0.15) is 24.2 Å². The highest BCUT2D eigenvalue weighted by molar-refractivity contribution is 5.65. The van der Waals surface area contributed by atoms with E-state index < -0.39 is 17.3 Å². The second-order valence-corrected chi connectivity index (χ2v) is 4.83. The summed E-state index contributed by atoms with van der Waals surface area (Å²) in [6.45, 7) is 1.73. The van der Waals surface area contributed by atoms with Gasteiger partial charge in [-0.25, -0.2) is 5.43 Å². The van der Waals surface area contributed by atoms with E-state index in [9.17, 15) is 18.0 Å². The van der Waals surface area contributed by atoms with E-state index in [1.165, 1.54) is 5.01 Å². The van der Waals surface area contributed by atoms with Gasteiger partial charge in [-0.3, -0.25) is 9.80 Å². The molecule has 2 aromatic rings. The van der Waals surface area contributed by atoms with Gasteiger partial charge >= 0.3 is 6.18 Å². The van der Waals surface area contributed by atoms with Crippen molar-refractivity contribution in [2.75, 3.05) is 5.01 Å². The number of fused-ring (bicyclic) bond motifs is 1. The molecule has 1 aromatic carbocycles. The van der Waals surface area contributed by atoms with Crippen LogP contribution in [0.25, 0.3) is 0 Å². The van der Waals surface area contributed by atoms with Crippen molar-refractivity contribution in [1.82, 2.24) is 10.4 Å². The molecule has 21 heavy (non-hydrogen) atoms. The summed E-state index contributed by atoms with van der Waals surface area (Å²) < 4.78 is 38.6. The molecule has 1 aliphatic rings. The lowest BCUT2D eigenvalue weighted by molar-refractivity contribution is -0.141. The maximum atomic E-state index is 12.9. The zero-order chi connectivity index (χ0) is 15.2. The molecule has 1 aliphatic heterocycles. The number of nitrogens with zero attached hydrogens (tertiary/aromatic N) is 1. The number of hydrogen-bond acceptors (Lipinski definition) is 3. The SMILES string of the molecule is CC1NN(c2ccccc2)c2[nH]c(C(F)(F)F)cc(=O)c21. The third-order valence-corrected chi connectivity index (χ3v) is 3.35. The highest BCUT2D eigenvalue weighted by Crippen LogP contribution is 2.36. The van der Waals surface area contributed by atoms with Crippen molar-refractivity contribution in [2.45, 2.75) is 19.1 Å². The molecule has 4 nitrogen and oxygen atoms in total. The normalized spacial score (nSPS) is 17.9. The molecule has 1 atom stereocenters. The predicted octanol–water partition coefficient (Wildman–Crippen LogP) is 3.11. The molecule has 0 fully saturated rings. The largest absolute Gasteiger partial charge is 0.431 e. The number of benzene rings is 1. The predicted molar refractivity (Wildman–Crippen MR) is 72.2 cm³/mol. The number of nitrogens with one attached hydrogen (secondary N) is 2. The van der Waals surface area contributed by atoms with Gasteiger partial charge in [-0.15, -0.1) is 0 Å². The van der Waals surface area contributed by atoms with E-state index in [1.807, 2.05) is 0 Å². The molecule has 110 valence electrons. The molecule has 7 heteroatoms. The number of para-hydroxylation sites is 1. The molecule has 0 aliphatic carbocycles. The van der Waals surface area contributed by atoms with Crippen molar-refractivity contribution in [1.29, 1.82) is 0 Å². The standard InChI is InChI=1S/C14H12F3N3O/c1-8-12-10(21)7-11(14(15,16)17)18-13(12)20(19-8)9-5-3-2-4-6-9/h2-8,19H,1H3,(H,18,21). The molecular formula is C14H12F3N3O. The van der Waals surface area contributed by atoms with Gasteiger partial charge in [0.15, 0.2) is 5.43 Å². The highest BCUT2D eigenvalue weighted by Gasteiger charge is 2.37. The molecular weight excluding hydrogens is 283 g/mol. The van der Waals surface area contributed by atoms with Gasteiger partial charge in [-0.1, -0.05) is 18.2 Å². The first-order chi connectivity index (χ1) is 9.88. The number of rotatable bonds is 1. The zero-order valence-electron chi connectivity index (χ0n) is 11.0. The van der Waals surface area contributed by atoms with E-state index in [0.717, 1.165) is 0 Å². The van der Waals surface area contributed by atoms with E-state index in [0.29, 0.717) is 17.3 Å². The van der Waals surface area contributed by atoms with E-state index in [2.05, 4.69) is 10.4 Å². The van der Waals surface area contributed by atoms with Gasteiger partial charge in [-0.05, 0) is 19.1 Å². The first kappa shape index (κ1) is 13.7. The Labute approximate surface area is 118 Å². The highest BCUT2D eigenvalue weighted by atomic mass is 19.4. The maximum absolute atomic E-state index is 12.9. The molecule has 0 spiro atoms. The Kier molecular flexibility index (Phi) is 3.02. The minimum absolute atomic E-state index is 0.133. The molecule has 3 rings (SSSR count). The van der Waals surface area contributed by atoms with E-state index in [4.69, 9.17) is 0 Å². The van der Waals surface area contributed by atoms with Gasteiger partial charge in [0.1, 0.15) is 11.5 Å². The van der Waals surface area contributed by atoms with Gasteiger partial charge in [0, 0.05) is 6.07 Å². The molecule has 0 saturated carbocycles. The molecule has 0 amide bonds. The first-order valence-corrected chi connectivity index (χ1v) is 6.33. The molecule has 0 radical (unpaired) electrons. The topological polar surface area (TPSA) is 48.1 Å².